The Morgan fingerprint density at radius 3 is 2.51 bits per heavy atom. The summed E-state index contributed by atoms with van der Waals surface area (Å²) < 4.78 is 5.22. The molecule has 0 bridgehead atoms. The summed E-state index contributed by atoms with van der Waals surface area (Å²) in [5.41, 5.74) is 3.75. The molecule has 0 radical (unpaired) electrons. The van der Waals surface area contributed by atoms with Gasteiger partial charge in [0.25, 0.3) is 0 Å². The van der Waals surface area contributed by atoms with Crippen LogP contribution in [0.4, 0.5) is 4.79 Å². The van der Waals surface area contributed by atoms with Crippen LogP contribution < -0.4 is 5.32 Å². The molecule has 0 saturated carbocycles. The van der Waals surface area contributed by atoms with Gasteiger partial charge in [-0.25, -0.2) is 4.79 Å². The fourth-order valence-electron chi connectivity index (χ4n) is 3.34. The van der Waals surface area contributed by atoms with Crippen LogP contribution in [0.2, 0.25) is 0 Å². The lowest BCUT2D eigenvalue weighted by Gasteiger charge is -2.17. The van der Waals surface area contributed by atoms with Crippen molar-refractivity contribution < 1.29 is 19.6 Å². The zero-order chi connectivity index (χ0) is 25.0. The summed E-state index contributed by atoms with van der Waals surface area (Å²) in [5, 5.41) is 40.1. The minimum absolute atomic E-state index is 0.0842. The van der Waals surface area contributed by atoms with Gasteiger partial charge in [0.05, 0.1) is 29.4 Å². The van der Waals surface area contributed by atoms with E-state index in [-0.39, 0.29) is 13.0 Å². The SMILES string of the molecule is N#CC(=Cc1cccc(CCOC(=O)NC(Cc2ccccc2)B(O)O)c1)c1ccc(C#N)cn1. The lowest BCUT2D eigenvalue weighted by molar-refractivity contribution is 0.144. The van der Waals surface area contributed by atoms with Crippen molar-refractivity contribution in [1.29, 1.82) is 10.5 Å². The maximum absolute atomic E-state index is 12.2. The van der Waals surface area contributed by atoms with Crippen LogP contribution >= 0.6 is 0 Å². The Balaban J connectivity index is 1.56. The molecule has 8 nitrogen and oxygen atoms in total. The average Bonchev–Trinajstić information content (AvgIpc) is 2.88. The van der Waals surface area contributed by atoms with E-state index in [0.717, 1.165) is 16.7 Å². The molecule has 1 amide bonds. The van der Waals surface area contributed by atoms with E-state index in [1.165, 1.54) is 6.20 Å². The average molecular weight is 466 g/mol. The number of pyridine rings is 1. The van der Waals surface area contributed by atoms with Gasteiger partial charge in [0.1, 0.15) is 12.1 Å². The maximum atomic E-state index is 12.2. The number of benzene rings is 2. The molecular weight excluding hydrogens is 443 g/mol. The van der Waals surface area contributed by atoms with Gasteiger partial charge in [-0.3, -0.25) is 4.98 Å². The number of nitrogens with one attached hydrogen (secondary N) is 1. The summed E-state index contributed by atoms with van der Waals surface area (Å²) in [6.07, 6.45) is 3.05. The molecular formula is C26H23BN4O4. The Morgan fingerprint density at radius 2 is 1.86 bits per heavy atom. The second-order valence-electron chi connectivity index (χ2n) is 7.70. The first kappa shape index (κ1) is 25.2. The van der Waals surface area contributed by atoms with Crippen molar-refractivity contribution in [3.05, 3.63) is 101 Å². The van der Waals surface area contributed by atoms with Gasteiger partial charge in [-0.1, -0.05) is 54.6 Å². The molecule has 35 heavy (non-hydrogen) atoms. The van der Waals surface area contributed by atoms with E-state index in [0.29, 0.717) is 23.3 Å². The molecule has 0 aliphatic rings. The van der Waals surface area contributed by atoms with Crippen molar-refractivity contribution in [2.45, 2.75) is 18.8 Å². The van der Waals surface area contributed by atoms with Crippen molar-refractivity contribution >= 4 is 24.9 Å². The Kier molecular flexibility index (Phi) is 9.15. The van der Waals surface area contributed by atoms with Crippen molar-refractivity contribution in [3.63, 3.8) is 0 Å². The summed E-state index contributed by atoms with van der Waals surface area (Å²) in [5.74, 6) is -0.904. The number of hydrogen-bond acceptors (Lipinski definition) is 7. The number of rotatable bonds is 9. The number of amides is 1. The highest BCUT2D eigenvalue weighted by Crippen LogP contribution is 2.17. The summed E-state index contributed by atoms with van der Waals surface area (Å²) in [4.78, 5) is 16.3. The number of nitriles is 2. The monoisotopic (exact) mass is 466 g/mol. The summed E-state index contributed by atoms with van der Waals surface area (Å²) in [7, 11) is -1.73. The van der Waals surface area contributed by atoms with E-state index in [4.69, 9.17) is 10.00 Å². The van der Waals surface area contributed by atoms with Crippen molar-refractivity contribution in [1.82, 2.24) is 10.3 Å². The second-order valence-corrected chi connectivity index (χ2v) is 7.70. The summed E-state index contributed by atoms with van der Waals surface area (Å²) in [6.45, 7) is 0.0842. The number of hydrogen-bond donors (Lipinski definition) is 3. The van der Waals surface area contributed by atoms with Crippen molar-refractivity contribution in [3.8, 4) is 12.1 Å². The minimum atomic E-state index is -1.73. The summed E-state index contributed by atoms with van der Waals surface area (Å²) in [6, 6.07) is 23.9. The van der Waals surface area contributed by atoms with Gasteiger partial charge in [0.15, 0.2) is 0 Å². The van der Waals surface area contributed by atoms with Gasteiger partial charge < -0.3 is 20.1 Å². The van der Waals surface area contributed by atoms with Crippen LogP contribution in [0.1, 0.15) is 27.9 Å². The number of carbonyl (C=O) groups excluding carboxylic acids is 1. The van der Waals surface area contributed by atoms with Crippen LogP contribution in [0.15, 0.2) is 72.9 Å². The van der Waals surface area contributed by atoms with Gasteiger partial charge in [-0.15, -0.1) is 0 Å². The highest BCUT2D eigenvalue weighted by molar-refractivity contribution is 6.43. The number of alkyl carbamates (subject to hydrolysis) is 1. The Morgan fingerprint density at radius 1 is 1.09 bits per heavy atom. The number of allylic oxidation sites excluding steroid dienone is 1. The van der Waals surface area contributed by atoms with Gasteiger partial charge in [0.2, 0.25) is 0 Å². The molecule has 0 aliphatic heterocycles. The fourth-order valence-corrected chi connectivity index (χ4v) is 3.34. The second kappa shape index (κ2) is 12.7. The Labute approximate surface area is 203 Å². The largest absolute Gasteiger partial charge is 0.475 e. The van der Waals surface area contributed by atoms with Crippen molar-refractivity contribution in [2.75, 3.05) is 6.61 Å². The first-order chi connectivity index (χ1) is 17.0. The van der Waals surface area contributed by atoms with Crippen molar-refractivity contribution in [2.24, 2.45) is 0 Å². The number of ether oxygens (including phenoxy) is 1. The number of carbonyl (C=O) groups is 1. The third-order valence-corrected chi connectivity index (χ3v) is 5.14. The molecule has 1 aromatic heterocycles. The zero-order valence-corrected chi connectivity index (χ0v) is 18.8. The van der Waals surface area contributed by atoms with Crippen LogP contribution in [0, 0.1) is 22.7 Å². The zero-order valence-electron chi connectivity index (χ0n) is 18.8. The van der Waals surface area contributed by atoms with E-state index in [9.17, 15) is 20.1 Å². The van der Waals surface area contributed by atoms with Gasteiger partial charge in [-0.2, -0.15) is 10.5 Å². The molecule has 3 N–H and O–H groups in total. The maximum Gasteiger partial charge on any atom is 0.475 e. The molecule has 0 spiro atoms. The van der Waals surface area contributed by atoms with Gasteiger partial charge in [-0.05, 0) is 41.3 Å². The molecule has 1 unspecified atom stereocenters. The van der Waals surface area contributed by atoms with Crippen LogP contribution in [-0.4, -0.2) is 40.8 Å². The quantitative estimate of drug-likeness (QED) is 0.326. The van der Waals surface area contributed by atoms with Crippen LogP contribution in [-0.2, 0) is 17.6 Å². The Hall–Kier alpha value is -4.44. The number of nitrogens with zero attached hydrogens (tertiary/aromatic N) is 3. The van der Waals surface area contributed by atoms with E-state index < -0.39 is 19.2 Å². The third-order valence-electron chi connectivity index (χ3n) is 5.14. The molecule has 2 aromatic carbocycles. The van der Waals surface area contributed by atoms with E-state index in [2.05, 4.69) is 16.4 Å². The molecule has 0 aliphatic carbocycles. The predicted octanol–water partition coefficient (Wildman–Crippen LogP) is 2.91. The fraction of sp³-hybridized carbons (Fsp3) is 0.154. The van der Waals surface area contributed by atoms with E-state index in [1.807, 2.05) is 60.7 Å². The summed E-state index contributed by atoms with van der Waals surface area (Å²) >= 11 is 0. The van der Waals surface area contributed by atoms with Crippen LogP contribution in [0.3, 0.4) is 0 Å². The molecule has 1 atom stereocenters. The van der Waals surface area contributed by atoms with Gasteiger partial charge >= 0.3 is 13.2 Å². The van der Waals surface area contributed by atoms with E-state index >= 15 is 0 Å². The highest BCUT2D eigenvalue weighted by atomic mass is 16.5. The van der Waals surface area contributed by atoms with Crippen LogP contribution in [0.5, 0.6) is 0 Å². The first-order valence-corrected chi connectivity index (χ1v) is 10.9. The van der Waals surface area contributed by atoms with Crippen LogP contribution in [0.25, 0.3) is 11.6 Å². The lowest BCUT2D eigenvalue weighted by Crippen LogP contribution is -2.48. The Bertz CT molecular complexity index is 1250. The normalized spacial score (nSPS) is 11.6. The number of aromatic nitrogens is 1. The third kappa shape index (κ3) is 7.83. The molecule has 3 aromatic rings. The standard InChI is InChI=1S/C26H23BN4O4/c28-16-22-9-10-24(30-18-22)23(17-29)14-21-8-4-7-20(13-21)11-12-35-26(32)31-25(27(33)34)15-19-5-2-1-3-6-19/h1-10,13-14,18,25,33-34H,11-12,15H2,(H,31,32). The molecule has 174 valence electrons. The smallest absolute Gasteiger partial charge is 0.449 e. The molecule has 9 heteroatoms. The first-order valence-electron chi connectivity index (χ1n) is 10.9. The predicted molar refractivity (Wildman–Crippen MR) is 131 cm³/mol. The lowest BCUT2D eigenvalue weighted by atomic mass is 9.76. The molecule has 1 heterocycles. The molecule has 0 fully saturated rings. The topological polar surface area (TPSA) is 139 Å². The van der Waals surface area contributed by atoms with E-state index in [1.54, 1.807) is 18.2 Å². The molecule has 3 rings (SSSR count). The minimum Gasteiger partial charge on any atom is -0.449 e. The highest BCUT2D eigenvalue weighted by Gasteiger charge is 2.26. The van der Waals surface area contributed by atoms with Gasteiger partial charge in [0, 0.05) is 12.6 Å². The molecule has 0 saturated heterocycles.